The first kappa shape index (κ1) is 17.8. The normalized spacial score (nSPS) is 24.3. The summed E-state index contributed by atoms with van der Waals surface area (Å²) in [4.78, 5) is 12.9. The van der Waals surface area contributed by atoms with Gasteiger partial charge in [0.1, 0.15) is 11.4 Å². The third-order valence-electron chi connectivity index (χ3n) is 4.71. The maximum atomic E-state index is 12.9. The molecule has 0 saturated heterocycles. The summed E-state index contributed by atoms with van der Waals surface area (Å²) < 4.78 is 11.3. The topological polar surface area (TPSA) is 47.6 Å². The zero-order valence-corrected chi connectivity index (χ0v) is 15.0. The summed E-state index contributed by atoms with van der Waals surface area (Å²) >= 11 is 0. The van der Waals surface area contributed by atoms with Crippen molar-refractivity contribution in [2.45, 2.75) is 59.0 Å². The first-order chi connectivity index (χ1) is 10.9. The van der Waals surface area contributed by atoms with Crippen LogP contribution in [0.5, 0.6) is 5.75 Å². The number of carbonyl (C=O) groups excluding carboxylic acids is 1. The van der Waals surface area contributed by atoms with Gasteiger partial charge in [0.25, 0.3) is 5.91 Å². The first-order valence-corrected chi connectivity index (χ1v) is 8.52. The van der Waals surface area contributed by atoms with E-state index in [2.05, 4.69) is 12.2 Å². The number of nitrogens with one attached hydrogen (secondary N) is 1. The molecule has 1 aromatic carbocycles. The number of hydrogen-bond donors (Lipinski definition) is 1. The number of ether oxygens (including phenoxy) is 2. The SMILES string of the molecule is CCO[C@]1(C(=O)Nc2cc(C)c(OC)c(C)c2)CCC[C@H](C)C1. The van der Waals surface area contributed by atoms with Crippen LogP contribution in [0, 0.1) is 19.8 Å². The van der Waals surface area contributed by atoms with Crippen molar-refractivity contribution in [3.63, 3.8) is 0 Å². The van der Waals surface area contributed by atoms with Crippen molar-refractivity contribution >= 4 is 11.6 Å². The Balaban J connectivity index is 2.22. The van der Waals surface area contributed by atoms with Gasteiger partial charge in [0.05, 0.1) is 7.11 Å². The van der Waals surface area contributed by atoms with Crippen LogP contribution < -0.4 is 10.1 Å². The minimum absolute atomic E-state index is 0.0186. The second-order valence-corrected chi connectivity index (χ2v) is 6.73. The third-order valence-corrected chi connectivity index (χ3v) is 4.71. The van der Waals surface area contributed by atoms with Crippen LogP contribution in [0.25, 0.3) is 0 Å². The van der Waals surface area contributed by atoms with E-state index in [9.17, 15) is 4.79 Å². The summed E-state index contributed by atoms with van der Waals surface area (Å²) in [6, 6.07) is 3.91. The molecule has 1 saturated carbocycles. The number of amides is 1. The number of benzene rings is 1. The number of methoxy groups -OCH3 is 1. The Labute approximate surface area is 139 Å². The van der Waals surface area contributed by atoms with E-state index < -0.39 is 5.60 Å². The van der Waals surface area contributed by atoms with Gasteiger partial charge in [0.2, 0.25) is 0 Å². The van der Waals surface area contributed by atoms with Crippen molar-refractivity contribution in [2.24, 2.45) is 5.92 Å². The molecule has 1 aliphatic rings. The Hall–Kier alpha value is -1.55. The summed E-state index contributed by atoms with van der Waals surface area (Å²) in [6.07, 6.45) is 3.80. The molecule has 0 aliphatic heterocycles. The van der Waals surface area contributed by atoms with Crippen LogP contribution in [0.3, 0.4) is 0 Å². The van der Waals surface area contributed by atoms with E-state index in [4.69, 9.17) is 9.47 Å². The molecule has 1 fully saturated rings. The molecule has 128 valence electrons. The van der Waals surface area contributed by atoms with Crippen LogP contribution in [0.2, 0.25) is 0 Å². The molecule has 23 heavy (non-hydrogen) atoms. The van der Waals surface area contributed by atoms with Crippen LogP contribution in [0.15, 0.2) is 12.1 Å². The highest BCUT2D eigenvalue weighted by Crippen LogP contribution is 2.36. The summed E-state index contributed by atoms with van der Waals surface area (Å²) in [5.41, 5.74) is 2.16. The Morgan fingerprint density at radius 2 is 2.00 bits per heavy atom. The molecule has 1 N–H and O–H groups in total. The van der Waals surface area contributed by atoms with E-state index >= 15 is 0 Å². The van der Waals surface area contributed by atoms with E-state index in [1.54, 1.807) is 7.11 Å². The highest BCUT2D eigenvalue weighted by molar-refractivity contribution is 5.97. The molecule has 0 heterocycles. The molecular weight excluding hydrogens is 290 g/mol. The van der Waals surface area contributed by atoms with Gasteiger partial charge in [-0.2, -0.15) is 0 Å². The van der Waals surface area contributed by atoms with Crippen molar-refractivity contribution in [3.05, 3.63) is 23.3 Å². The summed E-state index contributed by atoms with van der Waals surface area (Å²) in [6.45, 7) is 8.68. The highest BCUT2D eigenvalue weighted by atomic mass is 16.5. The second kappa shape index (κ2) is 7.35. The van der Waals surface area contributed by atoms with Gasteiger partial charge < -0.3 is 14.8 Å². The molecule has 1 aliphatic carbocycles. The Morgan fingerprint density at radius 3 is 2.52 bits per heavy atom. The molecule has 0 radical (unpaired) electrons. The van der Waals surface area contributed by atoms with Crippen molar-refractivity contribution in [3.8, 4) is 5.75 Å². The monoisotopic (exact) mass is 319 g/mol. The molecule has 2 rings (SSSR count). The van der Waals surface area contributed by atoms with Crippen LogP contribution >= 0.6 is 0 Å². The standard InChI is InChI=1S/C19H29NO3/c1-6-23-19(9-7-8-13(2)12-19)18(21)20-16-10-14(3)17(22-5)15(4)11-16/h10-11,13H,6-9,12H2,1-5H3,(H,20,21)/t13-,19+/m0/s1. The molecule has 0 unspecified atom stereocenters. The van der Waals surface area contributed by atoms with Crippen molar-refractivity contribution < 1.29 is 14.3 Å². The molecule has 0 spiro atoms. The average molecular weight is 319 g/mol. The molecular formula is C19H29NO3. The molecule has 4 heteroatoms. The molecule has 1 amide bonds. The first-order valence-electron chi connectivity index (χ1n) is 8.52. The van der Waals surface area contributed by atoms with Gasteiger partial charge in [-0.05, 0) is 69.2 Å². The largest absolute Gasteiger partial charge is 0.496 e. The smallest absolute Gasteiger partial charge is 0.256 e. The molecule has 0 bridgehead atoms. The minimum Gasteiger partial charge on any atom is -0.496 e. The number of carbonyl (C=O) groups is 1. The maximum Gasteiger partial charge on any atom is 0.256 e. The second-order valence-electron chi connectivity index (χ2n) is 6.73. The van der Waals surface area contributed by atoms with Crippen LogP contribution in [0.4, 0.5) is 5.69 Å². The van der Waals surface area contributed by atoms with Gasteiger partial charge in [-0.15, -0.1) is 0 Å². The predicted octanol–water partition coefficient (Wildman–Crippen LogP) is 4.24. The van der Waals surface area contributed by atoms with E-state index in [0.717, 1.165) is 41.8 Å². The zero-order chi connectivity index (χ0) is 17.0. The van der Waals surface area contributed by atoms with E-state index in [0.29, 0.717) is 12.5 Å². The average Bonchev–Trinajstić information content (AvgIpc) is 2.47. The van der Waals surface area contributed by atoms with E-state index in [1.807, 2.05) is 32.9 Å². The lowest BCUT2D eigenvalue weighted by Gasteiger charge is -2.38. The maximum absolute atomic E-state index is 12.9. The minimum atomic E-state index is -0.686. The fourth-order valence-electron chi connectivity index (χ4n) is 3.77. The summed E-state index contributed by atoms with van der Waals surface area (Å²) in [5, 5.41) is 3.07. The van der Waals surface area contributed by atoms with Gasteiger partial charge in [-0.25, -0.2) is 0 Å². The number of anilines is 1. The van der Waals surface area contributed by atoms with Gasteiger partial charge in [0, 0.05) is 12.3 Å². The van der Waals surface area contributed by atoms with Gasteiger partial charge in [-0.3, -0.25) is 4.79 Å². The fourth-order valence-corrected chi connectivity index (χ4v) is 3.77. The third kappa shape index (κ3) is 3.86. The summed E-state index contributed by atoms with van der Waals surface area (Å²) in [7, 11) is 1.67. The lowest BCUT2D eigenvalue weighted by molar-refractivity contribution is -0.147. The lowest BCUT2D eigenvalue weighted by atomic mass is 9.78. The van der Waals surface area contributed by atoms with Gasteiger partial charge >= 0.3 is 0 Å². The predicted molar refractivity (Wildman–Crippen MR) is 93.1 cm³/mol. The van der Waals surface area contributed by atoms with Crippen LogP contribution in [-0.2, 0) is 9.53 Å². The van der Waals surface area contributed by atoms with Crippen LogP contribution in [0.1, 0.15) is 50.7 Å². The molecule has 1 aromatic rings. The van der Waals surface area contributed by atoms with Crippen molar-refractivity contribution in [2.75, 3.05) is 19.0 Å². The summed E-state index contributed by atoms with van der Waals surface area (Å²) in [5.74, 6) is 1.36. The lowest BCUT2D eigenvalue weighted by Crippen LogP contribution is -2.48. The van der Waals surface area contributed by atoms with Gasteiger partial charge in [0.15, 0.2) is 0 Å². The van der Waals surface area contributed by atoms with Crippen LogP contribution in [-0.4, -0.2) is 25.2 Å². The Kier molecular flexibility index (Phi) is 5.69. The molecule has 2 atom stereocenters. The Bertz CT molecular complexity index is 543. The Morgan fingerprint density at radius 1 is 1.35 bits per heavy atom. The highest BCUT2D eigenvalue weighted by Gasteiger charge is 2.42. The fraction of sp³-hybridized carbons (Fsp3) is 0.632. The number of aryl methyl sites for hydroxylation is 2. The van der Waals surface area contributed by atoms with E-state index in [-0.39, 0.29) is 5.91 Å². The zero-order valence-electron chi connectivity index (χ0n) is 15.0. The van der Waals surface area contributed by atoms with Crippen molar-refractivity contribution in [1.29, 1.82) is 0 Å². The molecule has 4 nitrogen and oxygen atoms in total. The van der Waals surface area contributed by atoms with Gasteiger partial charge in [-0.1, -0.05) is 13.3 Å². The quantitative estimate of drug-likeness (QED) is 0.883. The number of rotatable bonds is 5. The van der Waals surface area contributed by atoms with E-state index in [1.165, 1.54) is 6.42 Å². The molecule has 0 aromatic heterocycles. The number of hydrogen-bond acceptors (Lipinski definition) is 3. The van der Waals surface area contributed by atoms with Crippen molar-refractivity contribution in [1.82, 2.24) is 0 Å².